The SMILES string of the molecule is [Cu+2].[O-][Cl+3]([O-])([O-])[O-].[O-][Cl+3]([O-])([O-])[O-].c1ccc2c(c1)-c1nc-2nc2[nH]c(nc3nc(nc4[nH]c(n1)c1ccccc41)-c1ccccc1-3)c1ccccc21. The second kappa shape index (κ2) is 14.0. The third-order valence-corrected chi connectivity index (χ3v) is 7.46. The van der Waals surface area contributed by atoms with Crippen LogP contribution in [0.3, 0.4) is 0 Å². The summed E-state index contributed by atoms with van der Waals surface area (Å²) >= 11 is 0. The van der Waals surface area contributed by atoms with Gasteiger partial charge >= 0.3 is 17.1 Å². The van der Waals surface area contributed by atoms with Crippen LogP contribution < -0.4 is 37.3 Å². The fourth-order valence-electron chi connectivity index (χ4n) is 5.59. The van der Waals surface area contributed by atoms with Crippen LogP contribution in [0.2, 0.25) is 0 Å². The Labute approximate surface area is 300 Å². The molecular weight excluding hydrogens is 759 g/mol. The molecule has 19 heteroatoms. The number of nitrogens with zero attached hydrogens (tertiary/aromatic N) is 6. The van der Waals surface area contributed by atoms with Crippen LogP contribution in [0.15, 0.2) is 97.1 Å². The second-order valence-electron chi connectivity index (χ2n) is 10.5. The molecule has 7 aromatic rings. The number of halogens is 2. The van der Waals surface area contributed by atoms with Gasteiger partial charge in [0.25, 0.3) is 0 Å². The molecule has 0 spiro atoms. The van der Waals surface area contributed by atoms with Crippen molar-refractivity contribution in [3.05, 3.63) is 97.1 Å². The van der Waals surface area contributed by atoms with Gasteiger partial charge in [0, 0.05) is 43.8 Å². The number of benzene rings is 4. The van der Waals surface area contributed by atoms with Crippen LogP contribution in [-0.4, -0.2) is 39.9 Å². The molecule has 0 aliphatic carbocycles. The summed E-state index contributed by atoms with van der Waals surface area (Å²) in [7, 11) is -9.89. The molecule has 8 bridgehead atoms. The zero-order chi connectivity index (χ0) is 35.2. The summed E-state index contributed by atoms with van der Waals surface area (Å²) in [6.45, 7) is 0. The summed E-state index contributed by atoms with van der Waals surface area (Å²) in [5.74, 6) is 2.39. The normalized spacial score (nSPS) is 11.8. The van der Waals surface area contributed by atoms with E-state index in [1.165, 1.54) is 0 Å². The Balaban J connectivity index is 0.000000363. The standard InChI is InChI=1S/C32H18N8.2ClHO4.Cu/c1-2-10-18-17(9-1)25-33-26(18)38-28-21-13-5-6-14-22(21)30(35-28)40-32-24-16-8-7-15-23(24)31(36-32)39-29-20-12-4-3-11-19(20)27(34-29)37-25;2*2-1(3,4)5;/h1-16H,(H2,33,34,35,36,37,38,39,40);2*(H,2,3,4,5);/q;;;+2/p-2. The molecule has 9 rings (SSSR count). The van der Waals surface area contributed by atoms with Crippen LogP contribution in [0.1, 0.15) is 0 Å². The monoisotopic (exact) mass is 775 g/mol. The second-order valence-corrected chi connectivity index (χ2v) is 12.1. The minimum atomic E-state index is -4.94. The van der Waals surface area contributed by atoms with Crippen molar-refractivity contribution in [3.63, 3.8) is 0 Å². The Morgan fingerprint density at radius 2 is 0.529 bits per heavy atom. The molecule has 0 amide bonds. The van der Waals surface area contributed by atoms with Gasteiger partial charge in [0.2, 0.25) is 0 Å². The van der Waals surface area contributed by atoms with Crippen molar-refractivity contribution in [1.82, 2.24) is 39.9 Å². The van der Waals surface area contributed by atoms with Crippen LogP contribution in [0.4, 0.5) is 0 Å². The van der Waals surface area contributed by atoms with E-state index in [1.807, 2.05) is 97.1 Å². The van der Waals surface area contributed by atoms with Crippen molar-refractivity contribution in [2.24, 2.45) is 0 Å². The average Bonchev–Trinajstić information content (AvgIpc) is 3.79. The molecule has 3 aromatic heterocycles. The number of rotatable bonds is 0. The summed E-state index contributed by atoms with van der Waals surface area (Å²) in [5, 5.41) is 3.82. The van der Waals surface area contributed by atoms with Gasteiger partial charge in [-0.1, -0.05) is 97.1 Å². The molecule has 4 aromatic carbocycles. The molecule has 2 N–H and O–H groups in total. The van der Waals surface area contributed by atoms with Gasteiger partial charge in [-0.2, -0.15) is 0 Å². The van der Waals surface area contributed by atoms with Gasteiger partial charge in [-0.25, -0.2) is 67.2 Å². The Bertz CT molecular complexity index is 2250. The fourth-order valence-corrected chi connectivity index (χ4v) is 5.59. The van der Waals surface area contributed by atoms with Crippen molar-refractivity contribution in [2.75, 3.05) is 0 Å². The maximum Gasteiger partial charge on any atom is 2.00 e. The van der Waals surface area contributed by atoms with Crippen molar-refractivity contribution in [3.8, 4) is 45.6 Å². The van der Waals surface area contributed by atoms with Gasteiger partial charge in [-0.3, -0.25) is 0 Å². The first-order valence-corrected chi connectivity index (χ1v) is 16.7. The number of hydrogen-bond donors (Lipinski definition) is 2. The van der Waals surface area contributed by atoms with E-state index in [0.717, 1.165) is 43.8 Å². The largest absolute Gasteiger partial charge is 2.00 e. The molecule has 0 fully saturated rings. The summed E-state index contributed by atoms with van der Waals surface area (Å²) in [5.41, 5.74) is 6.45. The molecule has 51 heavy (non-hydrogen) atoms. The van der Waals surface area contributed by atoms with Crippen LogP contribution in [0.5, 0.6) is 0 Å². The summed E-state index contributed by atoms with van der Waals surface area (Å²) in [4.78, 5) is 36.8. The molecule has 0 saturated carbocycles. The van der Waals surface area contributed by atoms with Crippen molar-refractivity contribution in [1.29, 1.82) is 0 Å². The number of nitrogens with one attached hydrogen (secondary N) is 2. The molecule has 0 unspecified atom stereocenters. The van der Waals surface area contributed by atoms with E-state index in [4.69, 9.17) is 67.2 Å². The smallest absolute Gasteiger partial charge is 0.324 e. The molecule has 1 radical (unpaired) electrons. The molecular formula is C32H18Cl2CuN8O8. The Morgan fingerprint density at radius 1 is 0.333 bits per heavy atom. The average molecular weight is 777 g/mol. The van der Waals surface area contributed by atoms with Crippen molar-refractivity contribution >= 4 is 44.1 Å². The number of aromatic nitrogens is 8. The number of aromatic amines is 2. The number of hydrogen-bond acceptors (Lipinski definition) is 14. The van der Waals surface area contributed by atoms with Gasteiger partial charge in [-0.15, -0.1) is 20.5 Å². The van der Waals surface area contributed by atoms with E-state index < -0.39 is 20.5 Å². The van der Waals surface area contributed by atoms with Crippen LogP contribution >= 0.6 is 0 Å². The molecule has 5 heterocycles. The van der Waals surface area contributed by atoms with Crippen molar-refractivity contribution < 1.29 is 74.8 Å². The summed E-state index contributed by atoms with van der Waals surface area (Å²) in [6.07, 6.45) is 0. The Hall–Kier alpha value is -4.98. The summed E-state index contributed by atoms with van der Waals surface area (Å²) < 4.78 is 67.9. The van der Waals surface area contributed by atoms with Crippen LogP contribution in [0, 0.1) is 20.5 Å². The van der Waals surface area contributed by atoms with E-state index in [1.54, 1.807) is 0 Å². The number of H-pyrrole nitrogens is 2. The molecule has 0 saturated heterocycles. The third kappa shape index (κ3) is 7.85. The number of fused-ring (bicyclic) bond motifs is 20. The first-order chi connectivity index (χ1) is 23.8. The quantitative estimate of drug-likeness (QED) is 0.149. The van der Waals surface area contributed by atoms with Gasteiger partial charge in [0.1, 0.15) is 22.6 Å². The van der Waals surface area contributed by atoms with Gasteiger partial charge in [0.05, 0.1) is 0 Å². The molecule has 0 atom stereocenters. The van der Waals surface area contributed by atoms with Crippen molar-refractivity contribution in [2.45, 2.75) is 0 Å². The van der Waals surface area contributed by atoms with Gasteiger partial charge < -0.3 is 9.97 Å². The molecule has 2 aliphatic heterocycles. The predicted molar refractivity (Wildman–Crippen MR) is 156 cm³/mol. The van der Waals surface area contributed by atoms with Gasteiger partial charge in [0.15, 0.2) is 23.3 Å². The summed E-state index contributed by atoms with van der Waals surface area (Å²) in [6, 6.07) is 32.2. The maximum absolute atomic E-state index is 8.49. The topological polar surface area (TPSA) is 293 Å². The molecule has 2 aliphatic rings. The zero-order valence-corrected chi connectivity index (χ0v) is 27.7. The van der Waals surface area contributed by atoms with E-state index >= 15 is 0 Å². The Kier molecular flexibility index (Phi) is 9.82. The maximum atomic E-state index is 8.49. The van der Waals surface area contributed by atoms with Crippen LogP contribution in [0.25, 0.3) is 89.7 Å². The van der Waals surface area contributed by atoms with E-state index in [0.29, 0.717) is 45.9 Å². The minimum Gasteiger partial charge on any atom is -0.324 e. The van der Waals surface area contributed by atoms with Gasteiger partial charge in [-0.05, 0) is 0 Å². The first-order valence-electron chi connectivity index (χ1n) is 14.2. The van der Waals surface area contributed by atoms with E-state index in [-0.39, 0.29) is 17.1 Å². The zero-order valence-electron chi connectivity index (χ0n) is 25.2. The minimum absolute atomic E-state index is 0. The van der Waals surface area contributed by atoms with Crippen LogP contribution in [-0.2, 0) is 17.1 Å². The fraction of sp³-hybridized carbons (Fsp3) is 0. The molecule has 16 nitrogen and oxygen atoms in total. The molecule has 259 valence electrons. The van der Waals surface area contributed by atoms with E-state index in [2.05, 4.69) is 9.97 Å². The van der Waals surface area contributed by atoms with E-state index in [9.17, 15) is 0 Å². The Morgan fingerprint density at radius 3 is 0.745 bits per heavy atom. The third-order valence-electron chi connectivity index (χ3n) is 7.46. The first kappa shape index (κ1) is 35.8. The predicted octanol–water partition coefficient (Wildman–Crippen LogP) is -2.65.